The number of carbonyl (C=O) groups is 1. The fourth-order valence-electron chi connectivity index (χ4n) is 3.24. The first kappa shape index (κ1) is 25.6. The number of sulfonamides is 1. The van der Waals surface area contributed by atoms with Crippen LogP contribution in [0.25, 0.3) is 0 Å². The molecule has 0 aliphatic heterocycles. The molecule has 0 atom stereocenters. The molecule has 34 heavy (non-hydrogen) atoms. The van der Waals surface area contributed by atoms with Gasteiger partial charge in [0.2, 0.25) is 5.91 Å². The number of carbonyl (C=O) groups excluding carboxylic acids is 1. The van der Waals surface area contributed by atoms with E-state index in [1.807, 2.05) is 24.3 Å². The van der Waals surface area contributed by atoms with E-state index < -0.39 is 15.9 Å². The Hall–Kier alpha value is -3.03. The van der Waals surface area contributed by atoms with E-state index in [4.69, 9.17) is 16.3 Å². The van der Waals surface area contributed by atoms with Gasteiger partial charge in [0.15, 0.2) is 0 Å². The molecule has 0 aliphatic rings. The van der Waals surface area contributed by atoms with Gasteiger partial charge in [0.05, 0.1) is 17.1 Å². The molecule has 0 aromatic heterocycles. The molecule has 0 unspecified atom stereocenters. The Bertz CT molecular complexity index is 1190. The van der Waals surface area contributed by atoms with Crippen LogP contribution in [0, 0.1) is 0 Å². The van der Waals surface area contributed by atoms with Gasteiger partial charge in [-0.15, -0.1) is 0 Å². The predicted octanol–water partition coefficient (Wildman–Crippen LogP) is 5.03. The summed E-state index contributed by atoms with van der Waals surface area (Å²) in [6, 6.07) is 22.2. The fourth-order valence-corrected chi connectivity index (χ4v) is 4.79. The molecular formula is C26H29ClN2O4S. The number of hydrogen-bond acceptors (Lipinski definition) is 4. The summed E-state index contributed by atoms with van der Waals surface area (Å²) in [5.74, 6) is 0.270. The molecule has 0 bridgehead atoms. The summed E-state index contributed by atoms with van der Waals surface area (Å²) in [6.07, 6.45) is 0. The Morgan fingerprint density at radius 3 is 2.15 bits per heavy atom. The van der Waals surface area contributed by atoms with Gasteiger partial charge in [-0.3, -0.25) is 9.10 Å². The van der Waals surface area contributed by atoms with E-state index in [1.165, 1.54) is 29.8 Å². The van der Waals surface area contributed by atoms with Crippen molar-refractivity contribution in [2.45, 2.75) is 31.1 Å². The Morgan fingerprint density at radius 1 is 0.941 bits per heavy atom. The molecule has 1 N–H and O–H groups in total. The van der Waals surface area contributed by atoms with Crippen LogP contribution in [0.2, 0.25) is 5.02 Å². The summed E-state index contributed by atoms with van der Waals surface area (Å²) in [4.78, 5) is 12.7. The van der Waals surface area contributed by atoms with Gasteiger partial charge >= 0.3 is 0 Å². The zero-order valence-corrected chi connectivity index (χ0v) is 21.1. The molecule has 180 valence electrons. The van der Waals surface area contributed by atoms with Crippen molar-refractivity contribution in [1.29, 1.82) is 0 Å². The fraction of sp³-hybridized carbons (Fsp3) is 0.269. The molecular weight excluding hydrogens is 472 g/mol. The highest BCUT2D eigenvalue weighted by Gasteiger charge is 2.27. The van der Waals surface area contributed by atoms with Crippen LogP contribution in [0.15, 0.2) is 83.8 Å². The van der Waals surface area contributed by atoms with Crippen molar-refractivity contribution in [2.75, 3.05) is 24.0 Å². The predicted molar refractivity (Wildman–Crippen MR) is 136 cm³/mol. The molecule has 6 nitrogen and oxygen atoms in total. The largest absolute Gasteiger partial charge is 0.492 e. The molecule has 3 rings (SSSR count). The van der Waals surface area contributed by atoms with Crippen molar-refractivity contribution in [2.24, 2.45) is 0 Å². The quantitative estimate of drug-likeness (QED) is 0.418. The monoisotopic (exact) mass is 500 g/mol. The molecule has 3 aromatic rings. The summed E-state index contributed by atoms with van der Waals surface area (Å²) in [5, 5.41) is 3.16. The van der Waals surface area contributed by atoms with Crippen LogP contribution in [0.3, 0.4) is 0 Å². The topological polar surface area (TPSA) is 75.7 Å². The van der Waals surface area contributed by atoms with Gasteiger partial charge in [0, 0.05) is 5.02 Å². The van der Waals surface area contributed by atoms with Crippen molar-refractivity contribution in [1.82, 2.24) is 5.32 Å². The molecule has 0 fully saturated rings. The molecule has 0 radical (unpaired) electrons. The van der Waals surface area contributed by atoms with Crippen molar-refractivity contribution < 1.29 is 17.9 Å². The number of benzene rings is 3. The SMILES string of the molecule is CC(C)(C)c1ccc(OCCNC(=O)CN(c2ccccc2)S(=O)(=O)c2ccc(Cl)cc2)cc1. The average molecular weight is 501 g/mol. The van der Waals surface area contributed by atoms with Crippen LogP contribution in [0.1, 0.15) is 26.3 Å². The van der Waals surface area contributed by atoms with Gasteiger partial charge in [-0.1, -0.05) is 62.7 Å². The Balaban J connectivity index is 1.62. The number of hydrogen-bond donors (Lipinski definition) is 1. The van der Waals surface area contributed by atoms with E-state index in [-0.39, 0.29) is 30.0 Å². The highest BCUT2D eigenvalue weighted by molar-refractivity contribution is 7.92. The molecule has 0 heterocycles. The summed E-state index contributed by atoms with van der Waals surface area (Å²) in [6.45, 7) is 6.56. The highest BCUT2D eigenvalue weighted by Crippen LogP contribution is 2.25. The molecule has 0 aliphatic carbocycles. The van der Waals surface area contributed by atoms with Crippen LogP contribution in [-0.2, 0) is 20.2 Å². The first-order chi connectivity index (χ1) is 16.1. The van der Waals surface area contributed by atoms with E-state index in [1.54, 1.807) is 30.3 Å². The van der Waals surface area contributed by atoms with Crippen LogP contribution < -0.4 is 14.4 Å². The van der Waals surface area contributed by atoms with E-state index in [0.29, 0.717) is 16.5 Å². The standard InChI is InChI=1S/C26H29ClN2O4S/c1-26(2,3)20-9-13-23(14-10-20)33-18-17-28-25(30)19-29(22-7-5-4-6-8-22)34(31,32)24-15-11-21(27)12-16-24/h4-16H,17-19H2,1-3H3,(H,28,30). The second-order valence-corrected chi connectivity index (χ2v) is 11.1. The lowest BCUT2D eigenvalue weighted by Crippen LogP contribution is -2.41. The van der Waals surface area contributed by atoms with Gasteiger partial charge in [0.25, 0.3) is 10.0 Å². The summed E-state index contributed by atoms with van der Waals surface area (Å²) in [7, 11) is -3.97. The Morgan fingerprint density at radius 2 is 1.56 bits per heavy atom. The normalized spacial score (nSPS) is 11.6. The lowest BCUT2D eigenvalue weighted by Gasteiger charge is -2.24. The lowest BCUT2D eigenvalue weighted by atomic mass is 9.87. The van der Waals surface area contributed by atoms with Crippen LogP contribution in [-0.4, -0.2) is 34.0 Å². The van der Waals surface area contributed by atoms with Crippen LogP contribution >= 0.6 is 11.6 Å². The summed E-state index contributed by atoms with van der Waals surface area (Å²) in [5.41, 5.74) is 1.66. The first-order valence-corrected chi connectivity index (χ1v) is 12.7. The minimum absolute atomic E-state index is 0.0515. The second-order valence-electron chi connectivity index (χ2n) is 8.77. The van der Waals surface area contributed by atoms with Crippen LogP contribution in [0.4, 0.5) is 5.69 Å². The number of rotatable bonds is 9. The lowest BCUT2D eigenvalue weighted by molar-refractivity contribution is -0.119. The van der Waals surface area contributed by atoms with Crippen molar-refractivity contribution >= 4 is 33.2 Å². The van der Waals surface area contributed by atoms with E-state index in [0.717, 1.165) is 4.31 Å². The van der Waals surface area contributed by atoms with Gasteiger partial charge in [-0.05, 0) is 59.5 Å². The maximum Gasteiger partial charge on any atom is 0.264 e. The third-order valence-electron chi connectivity index (χ3n) is 5.15. The van der Waals surface area contributed by atoms with E-state index in [9.17, 15) is 13.2 Å². The minimum Gasteiger partial charge on any atom is -0.492 e. The summed E-state index contributed by atoms with van der Waals surface area (Å²) < 4.78 is 33.3. The van der Waals surface area contributed by atoms with Gasteiger partial charge in [-0.25, -0.2) is 8.42 Å². The summed E-state index contributed by atoms with van der Waals surface area (Å²) >= 11 is 5.90. The zero-order valence-electron chi connectivity index (χ0n) is 19.5. The third-order valence-corrected chi connectivity index (χ3v) is 7.19. The smallest absolute Gasteiger partial charge is 0.264 e. The van der Waals surface area contributed by atoms with E-state index >= 15 is 0 Å². The Labute approximate surface area is 206 Å². The molecule has 0 spiro atoms. The average Bonchev–Trinajstić information content (AvgIpc) is 2.81. The van der Waals surface area contributed by atoms with Gasteiger partial charge in [0.1, 0.15) is 18.9 Å². The number of para-hydroxylation sites is 1. The molecule has 0 saturated carbocycles. The molecule has 3 aromatic carbocycles. The number of halogens is 1. The van der Waals surface area contributed by atoms with Crippen LogP contribution in [0.5, 0.6) is 5.75 Å². The second kappa shape index (κ2) is 10.9. The number of amides is 1. The third kappa shape index (κ3) is 6.74. The number of nitrogens with one attached hydrogen (secondary N) is 1. The minimum atomic E-state index is -3.97. The molecule has 1 amide bonds. The van der Waals surface area contributed by atoms with Crippen molar-refractivity contribution in [3.05, 3.63) is 89.4 Å². The van der Waals surface area contributed by atoms with Crippen molar-refractivity contribution in [3.63, 3.8) is 0 Å². The first-order valence-electron chi connectivity index (χ1n) is 10.9. The Kier molecular flexibility index (Phi) is 8.23. The molecule has 0 saturated heterocycles. The van der Waals surface area contributed by atoms with Crippen molar-refractivity contribution in [3.8, 4) is 5.75 Å². The number of nitrogens with zero attached hydrogens (tertiary/aromatic N) is 1. The number of ether oxygens (including phenoxy) is 1. The van der Waals surface area contributed by atoms with Gasteiger partial charge < -0.3 is 10.1 Å². The highest BCUT2D eigenvalue weighted by atomic mass is 35.5. The maximum absolute atomic E-state index is 13.3. The van der Waals surface area contributed by atoms with E-state index in [2.05, 4.69) is 26.1 Å². The van der Waals surface area contributed by atoms with Gasteiger partial charge in [-0.2, -0.15) is 0 Å². The maximum atomic E-state index is 13.3. The zero-order chi connectivity index (χ0) is 24.8. The molecule has 8 heteroatoms. The number of anilines is 1.